The quantitative estimate of drug-likeness (QED) is 0.798. The number of nitrogens with one attached hydrogen (secondary N) is 1. The van der Waals surface area contributed by atoms with Crippen molar-refractivity contribution in [2.24, 2.45) is 0 Å². The number of benzene rings is 1. The van der Waals surface area contributed by atoms with Gasteiger partial charge in [0, 0.05) is 12.1 Å². The number of nitriles is 1. The molecule has 1 aromatic carbocycles. The Balaban J connectivity index is 2.79. The topological polar surface area (TPSA) is 45.0 Å². The van der Waals surface area contributed by atoms with Crippen LogP contribution in [0.15, 0.2) is 24.3 Å². The van der Waals surface area contributed by atoms with Gasteiger partial charge in [-0.15, -0.1) is 0 Å². The van der Waals surface area contributed by atoms with Gasteiger partial charge in [-0.1, -0.05) is 25.1 Å². The highest BCUT2D eigenvalue weighted by Gasteiger charge is 2.08. The molecule has 1 atom stereocenters. The maximum Gasteiger partial charge on any atom is 0.184 e. The van der Waals surface area contributed by atoms with Gasteiger partial charge in [-0.05, 0) is 19.5 Å². The van der Waals surface area contributed by atoms with Crippen molar-refractivity contribution in [2.75, 3.05) is 7.05 Å². The van der Waals surface area contributed by atoms with E-state index in [0.717, 1.165) is 17.9 Å². The molecule has 15 heavy (non-hydrogen) atoms. The number of para-hydroxylation sites is 1. The van der Waals surface area contributed by atoms with Crippen LogP contribution < -0.4 is 10.1 Å². The second-order valence-corrected chi connectivity index (χ2v) is 3.28. The van der Waals surface area contributed by atoms with E-state index >= 15 is 0 Å². The fraction of sp³-hybridized carbons (Fsp3) is 0.417. The Kier molecular flexibility index (Phi) is 4.65. The summed E-state index contributed by atoms with van der Waals surface area (Å²) in [5, 5.41) is 11.9. The van der Waals surface area contributed by atoms with Crippen LogP contribution in [0.1, 0.15) is 18.9 Å². The molecule has 1 unspecified atom stereocenters. The molecule has 1 rings (SSSR count). The Labute approximate surface area is 90.7 Å². The highest BCUT2D eigenvalue weighted by Crippen LogP contribution is 2.19. The predicted molar refractivity (Wildman–Crippen MR) is 59.5 cm³/mol. The highest BCUT2D eigenvalue weighted by atomic mass is 16.5. The van der Waals surface area contributed by atoms with Crippen molar-refractivity contribution in [3.63, 3.8) is 0 Å². The van der Waals surface area contributed by atoms with Crippen LogP contribution in [0.25, 0.3) is 0 Å². The summed E-state index contributed by atoms with van der Waals surface area (Å²) in [6.07, 6.45) is 0.340. The zero-order valence-electron chi connectivity index (χ0n) is 9.16. The van der Waals surface area contributed by atoms with Gasteiger partial charge in [-0.3, -0.25) is 0 Å². The Morgan fingerprint density at radius 1 is 1.47 bits per heavy atom. The minimum Gasteiger partial charge on any atom is -0.475 e. The average molecular weight is 204 g/mol. The molecule has 3 nitrogen and oxygen atoms in total. The number of nitrogens with zero attached hydrogens (tertiary/aromatic N) is 1. The van der Waals surface area contributed by atoms with E-state index < -0.39 is 0 Å². The van der Waals surface area contributed by atoms with E-state index in [2.05, 4.69) is 11.4 Å². The van der Waals surface area contributed by atoms with Crippen molar-refractivity contribution in [2.45, 2.75) is 26.0 Å². The van der Waals surface area contributed by atoms with Crippen molar-refractivity contribution in [1.29, 1.82) is 5.26 Å². The van der Waals surface area contributed by atoms with Crippen molar-refractivity contribution >= 4 is 0 Å². The number of hydrogen-bond acceptors (Lipinski definition) is 3. The first kappa shape index (κ1) is 11.5. The van der Waals surface area contributed by atoms with Gasteiger partial charge in [-0.25, -0.2) is 0 Å². The van der Waals surface area contributed by atoms with E-state index in [4.69, 9.17) is 10.00 Å². The Bertz CT molecular complexity index is 344. The zero-order valence-corrected chi connectivity index (χ0v) is 9.16. The molecule has 1 N–H and O–H groups in total. The third kappa shape index (κ3) is 3.26. The molecule has 0 heterocycles. The van der Waals surface area contributed by atoms with Crippen LogP contribution in [-0.2, 0) is 6.54 Å². The normalized spacial score (nSPS) is 11.8. The van der Waals surface area contributed by atoms with Crippen LogP contribution in [0.5, 0.6) is 5.75 Å². The number of ether oxygens (including phenoxy) is 1. The van der Waals surface area contributed by atoms with E-state index in [9.17, 15) is 0 Å². The van der Waals surface area contributed by atoms with Crippen LogP contribution in [0, 0.1) is 11.3 Å². The summed E-state index contributed by atoms with van der Waals surface area (Å²) >= 11 is 0. The van der Waals surface area contributed by atoms with Gasteiger partial charge in [-0.2, -0.15) is 5.26 Å². The zero-order chi connectivity index (χ0) is 11.1. The maximum absolute atomic E-state index is 8.82. The third-order valence-corrected chi connectivity index (χ3v) is 2.12. The second-order valence-electron chi connectivity index (χ2n) is 3.28. The van der Waals surface area contributed by atoms with Gasteiger partial charge in [0.1, 0.15) is 11.8 Å². The molecule has 0 spiro atoms. The average Bonchev–Trinajstić information content (AvgIpc) is 2.28. The van der Waals surface area contributed by atoms with E-state index in [-0.39, 0.29) is 6.10 Å². The molecule has 0 saturated heterocycles. The fourth-order valence-electron chi connectivity index (χ4n) is 1.31. The van der Waals surface area contributed by atoms with Crippen LogP contribution in [0.4, 0.5) is 0 Å². The second kappa shape index (κ2) is 6.05. The lowest BCUT2D eigenvalue weighted by molar-refractivity contribution is 0.249. The summed E-state index contributed by atoms with van der Waals surface area (Å²) in [6, 6.07) is 9.90. The van der Waals surface area contributed by atoms with Crippen LogP contribution >= 0.6 is 0 Å². The van der Waals surface area contributed by atoms with Gasteiger partial charge < -0.3 is 10.1 Å². The molecule has 0 saturated carbocycles. The van der Waals surface area contributed by atoms with Gasteiger partial charge >= 0.3 is 0 Å². The molecule has 0 amide bonds. The van der Waals surface area contributed by atoms with Gasteiger partial charge in [0.2, 0.25) is 0 Å². The molecule has 0 aliphatic heterocycles. The summed E-state index contributed by atoms with van der Waals surface area (Å²) in [4.78, 5) is 0. The summed E-state index contributed by atoms with van der Waals surface area (Å²) in [5.41, 5.74) is 1.08. The maximum atomic E-state index is 8.82. The smallest absolute Gasteiger partial charge is 0.184 e. The largest absolute Gasteiger partial charge is 0.475 e. The highest BCUT2D eigenvalue weighted by molar-refractivity contribution is 5.33. The van der Waals surface area contributed by atoms with Crippen molar-refractivity contribution in [3.05, 3.63) is 29.8 Å². The lowest BCUT2D eigenvalue weighted by Crippen LogP contribution is -2.15. The first-order valence-electron chi connectivity index (χ1n) is 5.10. The molecular formula is C12H16N2O. The summed E-state index contributed by atoms with van der Waals surface area (Å²) in [7, 11) is 1.89. The molecule has 0 fully saturated rings. The summed E-state index contributed by atoms with van der Waals surface area (Å²) in [6.45, 7) is 2.69. The summed E-state index contributed by atoms with van der Waals surface area (Å²) in [5.74, 6) is 0.792. The first-order valence-corrected chi connectivity index (χ1v) is 5.10. The van der Waals surface area contributed by atoms with E-state index in [1.165, 1.54) is 0 Å². The van der Waals surface area contributed by atoms with Crippen LogP contribution in [0.3, 0.4) is 0 Å². The van der Waals surface area contributed by atoms with Crippen molar-refractivity contribution in [3.8, 4) is 11.8 Å². The number of rotatable bonds is 5. The van der Waals surface area contributed by atoms with Crippen molar-refractivity contribution in [1.82, 2.24) is 5.32 Å². The standard InChI is InChI=1S/C12H16N2O/c1-3-11(8-13)15-12-7-5-4-6-10(12)9-14-2/h4-7,11,14H,3,9H2,1-2H3. The summed E-state index contributed by atoms with van der Waals surface area (Å²) < 4.78 is 5.60. The minimum absolute atomic E-state index is 0.358. The lowest BCUT2D eigenvalue weighted by atomic mass is 10.2. The van der Waals surface area contributed by atoms with Crippen LogP contribution in [0.2, 0.25) is 0 Å². The molecule has 3 heteroatoms. The van der Waals surface area contributed by atoms with Crippen LogP contribution in [-0.4, -0.2) is 13.2 Å². The Hall–Kier alpha value is -1.53. The monoisotopic (exact) mass is 204 g/mol. The third-order valence-electron chi connectivity index (χ3n) is 2.12. The van der Waals surface area contributed by atoms with E-state index in [1.807, 2.05) is 38.2 Å². The lowest BCUT2D eigenvalue weighted by Gasteiger charge is -2.13. The molecule has 0 aromatic heterocycles. The first-order chi connectivity index (χ1) is 7.31. The van der Waals surface area contributed by atoms with Gasteiger partial charge in [0.15, 0.2) is 6.10 Å². The fourth-order valence-corrected chi connectivity index (χ4v) is 1.31. The molecule has 1 aromatic rings. The molecule has 0 radical (unpaired) electrons. The Morgan fingerprint density at radius 3 is 2.80 bits per heavy atom. The molecular weight excluding hydrogens is 188 g/mol. The molecule has 0 aliphatic carbocycles. The van der Waals surface area contributed by atoms with Gasteiger partial charge in [0.05, 0.1) is 0 Å². The minimum atomic E-state index is -0.358. The van der Waals surface area contributed by atoms with Gasteiger partial charge in [0.25, 0.3) is 0 Å². The van der Waals surface area contributed by atoms with E-state index in [1.54, 1.807) is 0 Å². The Morgan fingerprint density at radius 2 is 2.20 bits per heavy atom. The number of hydrogen-bond donors (Lipinski definition) is 1. The predicted octanol–water partition coefficient (Wildman–Crippen LogP) is 2.09. The molecule has 0 bridgehead atoms. The molecule has 80 valence electrons. The SMILES string of the molecule is CCC(C#N)Oc1ccccc1CNC. The van der Waals surface area contributed by atoms with E-state index in [0.29, 0.717) is 6.42 Å². The molecule has 0 aliphatic rings. The van der Waals surface area contributed by atoms with Crippen molar-refractivity contribution < 1.29 is 4.74 Å².